The summed E-state index contributed by atoms with van der Waals surface area (Å²) in [5.74, 6) is 0.864. The molecule has 0 saturated heterocycles. The zero-order chi connectivity index (χ0) is 10.2. The van der Waals surface area contributed by atoms with E-state index in [0.717, 1.165) is 5.92 Å². The van der Waals surface area contributed by atoms with E-state index in [1.54, 1.807) is 0 Å². The molecule has 1 aliphatic carbocycles. The van der Waals surface area contributed by atoms with Crippen LogP contribution in [0, 0.1) is 5.92 Å². The first-order valence-electron chi connectivity index (χ1n) is 5.91. The third kappa shape index (κ3) is 4.40. The maximum Gasteiger partial charge on any atom is 0.0556 e. The number of hydrogen-bond acceptors (Lipinski definition) is 3. The zero-order valence-electron chi connectivity index (χ0n) is 9.04. The zero-order valence-corrected chi connectivity index (χ0v) is 9.04. The SMILES string of the molecule is NCC(CC1CCCCC1)NCCO. The molecular formula is C11H24N2O. The summed E-state index contributed by atoms with van der Waals surface area (Å²) in [6.45, 7) is 1.58. The molecule has 3 nitrogen and oxygen atoms in total. The predicted octanol–water partition coefficient (Wildman–Crippen LogP) is 0.866. The van der Waals surface area contributed by atoms with Crippen LogP contribution >= 0.6 is 0 Å². The van der Waals surface area contributed by atoms with Crippen LogP contribution in [-0.4, -0.2) is 30.8 Å². The van der Waals surface area contributed by atoms with Crippen LogP contribution in [0.4, 0.5) is 0 Å². The molecule has 1 fully saturated rings. The maximum atomic E-state index is 8.71. The number of aliphatic hydroxyl groups excluding tert-OH is 1. The van der Waals surface area contributed by atoms with Gasteiger partial charge in [0, 0.05) is 19.1 Å². The molecule has 1 aliphatic rings. The molecule has 1 saturated carbocycles. The summed E-state index contributed by atoms with van der Waals surface area (Å²) in [5, 5.41) is 12.0. The molecule has 0 amide bonds. The second-order valence-electron chi connectivity index (χ2n) is 4.35. The topological polar surface area (TPSA) is 58.3 Å². The average molecular weight is 200 g/mol. The van der Waals surface area contributed by atoms with Crippen molar-refractivity contribution in [2.24, 2.45) is 11.7 Å². The molecule has 1 rings (SSSR count). The molecular weight excluding hydrogens is 176 g/mol. The third-order valence-electron chi connectivity index (χ3n) is 3.17. The Morgan fingerprint density at radius 2 is 2.00 bits per heavy atom. The summed E-state index contributed by atoms with van der Waals surface area (Å²) in [6.07, 6.45) is 8.13. The first-order chi connectivity index (χ1) is 6.86. The van der Waals surface area contributed by atoms with Gasteiger partial charge in [0.15, 0.2) is 0 Å². The second kappa shape index (κ2) is 7.21. The Bertz CT molecular complexity index is 135. The van der Waals surface area contributed by atoms with Crippen molar-refractivity contribution in [2.75, 3.05) is 19.7 Å². The molecule has 4 N–H and O–H groups in total. The van der Waals surface area contributed by atoms with E-state index in [2.05, 4.69) is 5.32 Å². The number of nitrogens with two attached hydrogens (primary N) is 1. The first-order valence-corrected chi connectivity index (χ1v) is 5.91. The fraction of sp³-hybridized carbons (Fsp3) is 1.00. The van der Waals surface area contributed by atoms with Crippen molar-refractivity contribution in [2.45, 2.75) is 44.6 Å². The van der Waals surface area contributed by atoms with Gasteiger partial charge in [0.25, 0.3) is 0 Å². The summed E-state index contributed by atoms with van der Waals surface area (Å²) < 4.78 is 0. The van der Waals surface area contributed by atoms with Crippen LogP contribution in [0.15, 0.2) is 0 Å². The van der Waals surface area contributed by atoms with Gasteiger partial charge in [-0.1, -0.05) is 32.1 Å². The Hall–Kier alpha value is -0.120. The number of nitrogens with one attached hydrogen (secondary N) is 1. The molecule has 0 spiro atoms. The molecule has 0 aromatic heterocycles. The highest BCUT2D eigenvalue weighted by molar-refractivity contribution is 4.75. The summed E-state index contributed by atoms with van der Waals surface area (Å²) >= 11 is 0. The minimum atomic E-state index is 0.209. The van der Waals surface area contributed by atoms with Gasteiger partial charge >= 0.3 is 0 Å². The Morgan fingerprint density at radius 1 is 1.29 bits per heavy atom. The van der Waals surface area contributed by atoms with Gasteiger partial charge in [-0.05, 0) is 12.3 Å². The predicted molar refractivity (Wildman–Crippen MR) is 59.1 cm³/mol. The fourth-order valence-corrected chi connectivity index (χ4v) is 2.36. The quantitative estimate of drug-likeness (QED) is 0.596. The molecule has 84 valence electrons. The molecule has 1 unspecified atom stereocenters. The van der Waals surface area contributed by atoms with E-state index in [1.165, 1.54) is 38.5 Å². The van der Waals surface area contributed by atoms with Crippen molar-refractivity contribution in [3.05, 3.63) is 0 Å². The van der Waals surface area contributed by atoms with Crippen LogP contribution in [0.2, 0.25) is 0 Å². The lowest BCUT2D eigenvalue weighted by Crippen LogP contribution is -2.39. The molecule has 0 aromatic rings. The van der Waals surface area contributed by atoms with Gasteiger partial charge < -0.3 is 16.2 Å². The Kier molecular flexibility index (Phi) is 6.15. The average Bonchev–Trinajstić information content (AvgIpc) is 2.25. The number of hydrogen-bond donors (Lipinski definition) is 3. The summed E-state index contributed by atoms with van der Waals surface area (Å²) in [5.41, 5.74) is 5.69. The van der Waals surface area contributed by atoms with Crippen LogP contribution in [0.5, 0.6) is 0 Å². The summed E-state index contributed by atoms with van der Waals surface area (Å²) in [7, 11) is 0. The van der Waals surface area contributed by atoms with Crippen LogP contribution in [-0.2, 0) is 0 Å². The lowest BCUT2D eigenvalue weighted by molar-refractivity contribution is 0.263. The summed E-state index contributed by atoms with van der Waals surface area (Å²) in [6, 6.07) is 0.408. The molecule has 0 aromatic carbocycles. The third-order valence-corrected chi connectivity index (χ3v) is 3.17. The second-order valence-corrected chi connectivity index (χ2v) is 4.35. The van der Waals surface area contributed by atoms with Gasteiger partial charge in [-0.15, -0.1) is 0 Å². The van der Waals surface area contributed by atoms with E-state index in [1.807, 2.05) is 0 Å². The lowest BCUT2D eigenvalue weighted by atomic mass is 9.85. The van der Waals surface area contributed by atoms with Crippen molar-refractivity contribution in [1.29, 1.82) is 0 Å². The minimum Gasteiger partial charge on any atom is -0.395 e. The highest BCUT2D eigenvalue weighted by Gasteiger charge is 2.17. The standard InChI is InChI=1S/C11H24N2O/c12-9-11(13-6-7-14)8-10-4-2-1-3-5-10/h10-11,13-14H,1-9,12H2. The smallest absolute Gasteiger partial charge is 0.0556 e. The van der Waals surface area contributed by atoms with Crippen LogP contribution in [0.1, 0.15) is 38.5 Å². The van der Waals surface area contributed by atoms with Crippen molar-refractivity contribution in [3.63, 3.8) is 0 Å². The van der Waals surface area contributed by atoms with Gasteiger partial charge in [0.2, 0.25) is 0 Å². The fourth-order valence-electron chi connectivity index (χ4n) is 2.36. The van der Waals surface area contributed by atoms with Gasteiger partial charge in [-0.2, -0.15) is 0 Å². The monoisotopic (exact) mass is 200 g/mol. The van der Waals surface area contributed by atoms with E-state index in [0.29, 0.717) is 19.1 Å². The highest BCUT2D eigenvalue weighted by atomic mass is 16.3. The lowest BCUT2D eigenvalue weighted by Gasteiger charge is -2.26. The van der Waals surface area contributed by atoms with Crippen molar-refractivity contribution in [3.8, 4) is 0 Å². The van der Waals surface area contributed by atoms with E-state index in [4.69, 9.17) is 10.8 Å². The molecule has 0 heterocycles. The first kappa shape index (κ1) is 12.0. The summed E-state index contributed by atoms with van der Waals surface area (Å²) in [4.78, 5) is 0. The molecule has 0 radical (unpaired) electrons. The van der Waals surface area contributed by atoms with E-state index >= 15 is 0 Å². The largest absolute Gasteiger partial charge is 0.395 e. The van der Waals surface area contributed by atoms with E-state index in [9.17, 15) is 0 Å². The molecule has 0 aliphatic heterocycles. The highest BCUT2D eigenvalue weighted by Crippen LogP contribution is 2.27. The maximum absolute atomic E-state index is 8.71. The van der Waals surface area contributed by atoms with Crippen molar-refractivity contribution < 1.29 is 5.11 Å². The van der Waals surface area contributed by atoms with E-state index < -0.39 is 0 Å². The van der Waals surface area contributed by atoms with Gasteiger partial charge in [-0.25, -0.2) is 0 Å². The minimum absolute atomic E-state index is 0.209. The van der Waals surface area contributed by atoms with Crippen molar-refractivity contribution in [1.82, 2.24) is 5.32 Å². The van der Waals surface area contributed by atoms with E-state index in [-0.39, 0.29) is 6.61 Å². The number of rotatable bonds is 6. The van der Waals surface area contributed by atoms with Gasteiger partial charge in [0.1, 0.15) is 0 Å². The Labute approximate surface area is 87.1 Å². The van der Waals surface area contributed by atoms with Crippen molar-refractivity contribution >= 4 is 0 Å². The Morgan fingerprint density at radius 3 is 2.57 bits per heavy atom. The Balaban J connectivity index is 2.16. The van der Waals surface area contributed by atoms with Crippen LogP contribution in [0.25, 0.3) is 0 Å². The normalized spacial score (nSPS) is 21.0. The molecule has 0 bridgehead atoms. The number of aliphatic hydroxyl groups is 1. The van der Waals surface area contributed by atoms with Gasteiger partial charge in [-0.3, -0.25) is 0 Å². The van der Waals surface area contributed by atoms with Gasteiger partial charge in [0.05, 0.1) is 6.61 Å². The van der Waals surface area contributed by atoms with Crippen LogP contribution in [0.3, 0.4) is 0 Å². The molecule has 3 heteroatoms. The molecule has 1 atom stereocenters. The molecule has 14 heavy (non-hydrogen) atoms. The van der Waals surface area contributed by atoms with Crippen LogP contribution < -0.4 is 11.1 Å².